The van der Waals surface area contributed by atoms with E-state index in [2.05, 4.69) is 18.6 Å². The minimum atomic E-state index is 0.853. The Morgan fingerprint density at radius 1 is 1.30 bits per heavy atom. The summed E-state index contributed by atoms with van der Waals surface area (Å²) in [7, 11) is 1.75. The van der Waals surface area contributed by atoms with Crippen LogP contribution in [-0.2, 0) is 0 Å². The van der Waals surface area contributed by atoms with Crippen LogP contribution in [0.15, 0.2) is 0 Å². The molecule has 0 aromatic carbocycles. The van der Waals surface area contributed by atoms with E-state index < -0.39 is 0 Å². The first-order valence-electron chi connectivity index (χ1n) is 4.17. The molecule has 0 amide bonds. The largest absolute Gasteiger partial charge is 0.111 e. The van der Waals surface area contributed by atoms with Crippen LogP contribution in [0.5, 0.6) is 0 Å². The van der Waals surface area contributed by atoms with Crippen LogP contribution >= 0.6 is 22.5 Å². The summed E-state index contributed by atoms with van der Waals surface area (Å²) in [4.78, 5) is 0. The number of rotatable bonds is 2. The van der Waals surface area contributed by atoms with Gasteiger partial charge in [-0.3, -0.25) is 0 Å². The van der Waals surface area contributed by atoms with E-state index in [1.165, 1.54) is 32.1 Å². The van der Waals surface area contributed by atoms with Gasteiger partial charge in [0.15, 0.2) is 0 Å². The Morgan fingerprint density at radius 2 is 1.90 bits per heavy atom. The van der Waals surface area contributed by atoms with Crippen LogP contribution in [0.25, 0.3) is 0 Å². The number of thiol groups is 1. The van der Waals surface area contributed by atoms with Gasteiger partial charge in [0.1, 0.15) is 0 Å². The van der Waals surface area contributed by atoms with Crippen molar-refractivity contribution < 1.29 is 0 Å². The van der Waals surface area contributed by atoms with Crippen molar-refractivity contribution in [1.82, 2.24) is 0 Å². The molecule has 1 aliphatic rings. The Bertz CT molecular complexity index is 73.3. The fourth-order valence-electron chi connectivity index (χ4n) is 1.65. The molecule has 2 heteroatoms. The smallest absolute Gasteiger partial charge is 0.0149 e. The van der Waals surface area contributed by atoms with Crippen molar-refractivity contribution in [1.29, 1.82) is 0 Å². The Morgan fingerprint density at radius 3 is 2.30 bits per heavy atom. The average Bonchev–Trinajstić information content (AvgIpc) is 2.05. The lowest BCUT2D eigenvalue weighted by atomic mass is 9.87. The molecule has 0 N–H and O–H groups in total. The maximum absolute atomic E-state index is 4.24. The van der Waals surface area contributed by atoms with Gasteiger partial charge in [0.25, 0.3) is 0 Å². The Labute approximate surface area is 73.0 Å². The summed E-state index contributed by atoms with van der Waals surface area (Å²) in [5, 5.41) is 0.853. The van der Waals surface area contributed by atoms with E-state index in [-0.39, 0.29) is 0 Å². The van der Waals surface area contributed by atoms with Gasteiger partial charge in [-0.15, -0.1) is 11.7 Å². The van der Waals surface area contributed by atoms with Gasteiger partial charge in [-0.2, -0.15) is 0 Å². The molecule has 1 fully saturated rings. The molecule has 0 unspecified atom stereocenters. The maximum atomic E-state index is 4.24. The van der Waals surface area contributed by atoms with Crippen LogP contribution in [0.1, 0.15) is 39.0 Å². The van der Waals surface area contributed by atoms with Crippen LogP contribution in [0.4, 0.5) is 0 Å². The first-order valence-corrected chi connectivity index (χ1v) is 6.10. The van der Waals surface area contributed by atoms with Gasteiger partial charge < -0.3 is 0 Å². The summed E-state index contributed by atoms with van der Waals surface area (Å²) in [6.07, 6.45) is 7.05. The highest BCUT2D eigenvalue weighted by Crippen LogP contribution is 2.34. The molecule has 1 aliphatic carbocycles. The molecule has 0 bridgehead atoms. The van der Waals surface area contributed by atoms with E-state index in [1.807, 2.05) is 0 Å². The van der Waals surface area contributed by atoms with E-state index in [0.717, 1.165) is 11.2 Å². The lowest BCUT2D eigenvalue weighted by Gasteiger charge is -2.25. The van der Waals surface area contributed by atoms with Gasteiger partial charge in [-0.1, -0.05) is 24.1 Å². The van der Waals surface area contributed by atoms with Gasteiger partial charge in [0.05, 0.1) is 0 Å². The van der Waals surface area contributed by atoms with Gasteiger partial charge in [-0.05, 0) is 31.6 Å². The van der Waals surface area contributed by atoms with Crippen molar-refractivity contribution >= 4 is 22.5 Å². The molecular formula is C8H16S2. The molecule has 0 spiro atoms. The van der Waals surface area contributed by atoms with Crippen LogP contribution < -0.4 is 0 Å². The lowest BCUT2D eigenvalue weighted by Crippen LogP contribution is -2.14. The molecule has 0 aromatic rings. The SMILES string of the molecule is CCC1CCC(SS)CC1. The van der Waals surface area contributed by atoms with Gasteiger partial charge in [0.2, 0.25) is 0 Å². The van der Waals surface area contributed by atoms with Crippen molar-refractivity contribution in [3.05, 3.63) is 0 Å². The van der Waals surface area contributed by atoms with Crippen molar-refractivity contribution in [2.45, 2.75) is 44.3 Å². The standard InChI is InChI=1S/C8H16S2/c1-2-7-3-5-8(10-9)6-4-7/h7-9H,2-6H2,1H3. The van der Waals surface area contributed by atoms with Crippen molar-refractivity contribution in [2.24, 2.45) is 5.92 Å². The van der Waals surface area contributed by atoms with Crippen LogP contribution in [0.2, 0.25) is 0 Å². The summed E-state index contributed by atoms with van der Waals surface area (Å²) < 4.78 is 0. The Hall–Kier alpha value is 0.700. The number of hydrogen-bond donors (Lipinski definition) is 1. The topological polar surface area (TPSA) is 0 Å². The molecule has 0 saturated heterocycles. The van der Waals surface area contributed by atoms with Crippen LogP contribution in [0.3, 0.4) is 0 Å². The first kappa shape index (κ1) is 8.79. The van der Waals surface area contributed by atoms with Crippen molar-refractivity contribution in [3.63, 3.8) is 0 Å². The maximum Gasteiger partial charge on any atom is 0.0149 e. The zero-order chi connectivity index (χ0) is 7.40. The van der Waals surface area contributed by atoms with Gasteiger partial charge in [0, 0.05) is 5.25 Å². The fourth-order valence-corrected chi connectivity index (χ4v) is 2.76. The van der Waals surface area contributed by atoms with E-state index in [1.54, 1.807) is 10.8 Å². The summed E-state index contributed by atoms with van der Waals surface area (Å²) in [5.74, 6) is 1.02. The minimum absolute atomic E-state index is 0.853. The molecule has 10 heavy (non-hydrogen) atoms. The quantitative estimate of drug-likeness (QED) is 0.496. The number of hydrogen-bond acceptors (Lipinski definition) is 2. The second-order valence-electron chi connectivity index (χ2n) is 3.16. The highest BCUT2D eigenvalue weighted by Gasteiger charge is 2.18. The molecule has 60 valence electrons. The normalized spacial score (nSPS) is 34.2. The lowest BCUT2D eigenvalue weighted by molar-refractivity contribution is 0.357. The summed E-state index contributed by atoms with van der Waals surface area (Å²) in [6.45, 7) is 2.30. The summed E-state index contributed by atoms with van der Waals surface area (Å²) in [6, 6.07) is 0. The third kappa shape index (κ3) is 2.39. The first-order chi connectivity index (χ1) is 4.86. The molecular weight excluding hydrogens is 160 g/mol. The minimum Gasteiger partial charge on any atom is -0.111 e. The van der Waals surface area contributed by atoms with E-state index in [0.29, 0.717) is 0 Å². The Balaban J connectivity index is 2.17. The zero-order valence-corrected chi connectivity index (χ0v) is 8.26. The molecule has 1 saturated carbocycles. The molecule has 0 aliphatic heterocycles. The Kier molecular flexibility index (Phi) is 4.00. The van der Waals surface area contributed by atoms with E-state index in [9.17, 15) is 0 Å². The monoisotopic (exact) mass is 176 g/mol. The molecule has 0 heterocycles. The molecule has 0 atom stereocenters. The van der Waals surface area contributed by atoms with Gasteiger partial charge in [-0.25, -0.2) is 0 Å². The van der Waals surface area contributed by atoms with Crippen LogP contribution in [-0.4, -0.2) is 5.25 Å². The van der Waals surface area contributed by atoms with E-state index in [4.69, 9.17) is 0 Å². The summed E-state index contributed by atoms with van der Waals surface area (Å²) in [5.41, 5.74) is 0. The summed E-state index contributed by atoms with van der Waals surface area (Å²) >= 11 is 4.24. The molecule has 0 aromatic heterocycles. The third-order valence-corrected chi connectivity index (χ3v) is 4.18. The molecule has 0 nitrogen and oxygen atoms in total. The highest BCUT2D eigenvalue weighted by molar-refractivity contribution is 8.68. The van der Waals surface area contributed by atoms with Gasteiger partial charge >= 0.3 is 0 Å². The predicted octanol–water partition coefficient (Wildman–Crippen LogP) is 3.53. The highest BCUT2D eigenvalue weighted by atomic mass is 33.1. The van der Waals surface area contributed by atoms with Crippen molar-refractivity contribution in [3.8, 4) is 0 Å². The van der Waals surface area contributed by atoms with Crippen LogP contribution in [0, 0.1) is 5.92 Å². The predicted molar refractivity (Wildman–Crippen MR) is 52.6 cm³/mol. The molecule has 0 radical (unpaired) electrons. The average molecular weight is 176 g/mol. The second kappa shape index (κ2) is 4.55. The third-order valence-electron chi connectivity index (χ3n) is 2.52. The second-order valence-corrected chi connectivity index (χ2v) is 4.67. The van der Waals surface area contributed by atoms with Crippen molar-refractivity contribution in [2.75, 3.05) is 0 Å². The van der Waals surface area contributed by atoms with E-state index >= 15 is 0 Å². The fraction of sp³-hybridized carbons (Fsp3) is 1.00. The zero-order valence-electron chi connectivity index (χ0n) is 6.55. The molecule has 1 rings (SSSR count).